The molecule has 0 spiro atoms. The van der Waals surface area contributed by atoms with Crippen molar-refractivity contribution in [2.45, 2.75) is 12.2 Å². The van der Waals surface area contributed by atoms with E-state index in [-0.39, 0.29) is 11.7 Å². The Kier molecular flexibility index (Phi) is 4.22. The van der Waals surface area contributed by atoms with Gasteiger partial charge < -0.3 is 14.9 Å². The highest BCUT2D eigenvalue weighted by Gasteiger charge is 2.30. The van der Waals surface area contributed by atoms with Gasteiger partial charge in [-0.3, -0.25) is 4.79 Å². The maximum Gasteiger partial charge on any atom is 0.416 e. The van der Waals surface area contributed by atoms with Crippen LogP contribution in [-0.4, -0.2) is 28.3 Å². The lowest BCUT2D eigenvalue weighted by atomic mass is 10.1. The van der Waals surface area contributed by atoms with Crippen molar-refractivity contribution in [3.05, 3.63) is 35.7 Å². The number of aliphatic hydroxyl groups excluding tert-OH is 1. The Bertz CT molecular complexity index is 610. The SMILES string of the molecule is O=CNC(CO)c1nc(-c2ccc(C(F)(F)F)cc2)no1. The molecule has 112 valence electrons. The molecule has 0 aliphatic heterocycles. The summed E-state index contributed by atoms with van der Waals surface area (Å²) >= 11 is 0. The van der Waals surface area contributed by atoms with Gasteiger partial charge in [0.05, 0.1) is 12.2 Å². The van der Waals surface area contributed by atoms with Crippen LogP contribution in [0.25, 0.3) is 11.4 Å². The molecule has 9 heteroatoms. The van der Waals surface area contributed by atoms with Crippen molar-refractivity contribution in [1.82, 2.24) is 15.5 Å². The zero-order valence-electron chi connectivity index (χ0n) is 10.5. The average Bonchev–Trinajstić information content (AvgIpc) is 2.93. The summed E-state index contributed by atoms with van der Waals surface area (Å²) in [6.45, 7) is -0.451. The molecule has 1 atom stereocenters. The lowest BCUT2D eigenvalue weighted by Gasteiger charge is -2.06. The Labute approximate surface area is 116 Å². The van der Waals surface area contributed by atoms with E-state index in [0.717, 1.165) is 12.1 Å². The number of amides is 1. The third kappa shape index (κ3) is 3.37. The predicted molar refractivity (Wildman–Crippen MR) is 63.8 cm³/mol. The molecule has 0 aliphatic carbocycles. The second-order valence-electron chi connectivity index (χ2n) is 4.05. The number of carbonyl (C=O) groups is 1. The lowest BCUT2D eigenvalue weighted by Crippen LogP contribution is -2.23. The van der Waals surface area contributed by atoms with E-state index in [1.54, 1.807) is 0 Å². The molecule has 1 aromatic carbocycles. The number of nitrogens with zero attached hydrogens (tertiary/aromatic N) is 2. The summed E-state index contributed by atoms with van der Waals surface area (Å²) in [7, 11) is 0. The molecule has 0 aliphatic rings. The topological polar surface area (TPSA) is 88.2 Å². The molecule has 0 bridgehead atoms. The summed E-state index contributed by atoms with van der Waals surface area (Å²) in [6.07, 6.45) is -4.06. The van der Waals surface area contributed by atoms with Gasteiger partial charge in [-0.05, 0) is 12.1 Å². The molecule has 0 fully saturated rings. The van der Waals surface area contributed by atoms with Crippen LogP contribution in [0.5, 0.6) is 0 Å². The number of aromatic nitrogens is 2. The first-order chi connectivity index (χ1) is 9.95. The number of nitrogens with one attached hydrogen (secondary N) is 1. The number of alkyl halides is 3. The minimum Gasteiger partial charge on any atom is -0.394 e. The normalized spacial score (nSPS) is 13.0. The van der Waals surface area contributed by atoms with Crippen molar-refractivity contribution in [2.75, 3.05) is 6.61 Å². The molecule has 2 aromatic rings. The van der Waals surface area contributed by atoms with E-state index in [1.807, 2.05) is 0 Å². The predicted octanol–water partition coefficient (Wildman–Crippen LogP) is 1.53. The highest BCUT2D eigenvalue weighted by Crippen LogP contribution is 2.30. The summed E-state index contributed by atoms with van der Waals surface area (Å²) in [6, 6.07) is 3.35. The van der Waals surface area contributed by atoms with Gasteiger partial charge in [-0.15, -0.1) is 0 Å². The van der Waals surface area contributed by atoms with E-state index in [4.69, 9.17) is 9.63 Å². The first-order valence-corrected chi connectivity index (χ1v) is 5.77. The minimum absolute atomic E-state index is 0.0421. The molecular formula is C12H10F3N3O3. The summed E-state index contributed by atoms with van der Waals surface area (Å²) in [5, 5.41) is 14.9. The number of halogens is 3. The summed E-state index contributed by atoms with van der Waals surface area (Å²) in [5.41, 5.74) is -0.466. The number of rotatable bonds is 5. The molecule has 0 saturated heterocycles. The van der Waals surface area contributed by atoms with Crippen LogP contribution in [-0.2, 0) is 11.0 Å². The fourth-order valence-corrected chi connectivity index (χ4v) is 1.59. The van der Waals surface area contributed by atoms with Gasteiger partial charge in [0.2, 0.25) is 12.2 Å². The van der Waals surface area contributed by atoms with Gasteiger partial charge in [-0.2, -0.15) is 18.2 Å². The maximum atomic E-state index is 12.4. The van der Waals surface area contributed by atoms with Gasteiger partial charge in [0, 0.05) is 5.56 Å². The maximum absolute atomic E-state index is 12.4. The van der Waals surface area contributed by atoms with Crippen molar-refractivity contribution in [3.8, 4) is 11.4 Å². The molecule has 0 saturated carbocycles. The zero-order chi connectivity index (χ0) is 15.5. The second kappa shape index (κ2) is 5.92. The quantitative estimate of drug-likeness (QED) is 0.818. The Morgan fingerprint density at radius 1 is 1.33 bits per heavy atom. The van der Waals surface area contributed by atoms with E-state index >= 15 is 0 Å². The molecule has 1 unspecified atom stereocenters. The summed E-state index contributed by atoms with van der Waals surface area (Å²) in [4.78, 5) is 14.3. The number of carbonyl (C=O) groups excluding carboxylic acids is 1. The number of benzene rings is 1. The van der Waals surface area contributed by atoms with E-state index in [0.29, 0.717) is 12.0 Å². The lowest BCUT2D eigenvalue weighted by molar-refractivity contribution is -0.137. The largest absolute Gasteiger partial charge is 0.416 e. The molecule has 21 heavy (non-hydrogen) atoms. The average molecular weight is 301 g/mol. The Balaban J connectivity index is 2.23. The van der Waals surface area contributed by atoms with Gasteiger partial charge in [-0.1, -0.05) is 17.3 Å². The number of aliphatic hydroxyl groups is 1. The number of hydrogen-bond donors (Lipinski definition) is 2. The molecule has 2 rings (SSSR count). The molecule has 1 aromatic heterocycles. The van der Waals surface area contributed by atoms with E-state index in [1.165, 1.54) is 12.1 Å². The second-order valence-corrected chi connectivity index (χ2v) is 4.05. The van der Waals surface area contributed by atoms with Crippen LogP contribution in [0, 0.1) is 0 Å². The van der Waals surface area contributed by atoms with E-state index in [9.17, 15) is 18.0 Å². The Hall–Kier alpha value is -2.42. The third-order valence-electron chi connectivity index (χ3n) is 2.66. The van der Waals surface area contributed by atoms with Crippen LogP contribution in [0.2, 0.25) is 0 Å². The monoisotopic (exact) mass is 301 g/mol. The van der Waals surface area contributed by atoms with Gasteiger partial charge >= 0.3 is 6.18 Å². The summed E-state index contributed by atoms with van der Waals surface area (Å²) in [5.74, 6) is 0.0179. The van der Waals surface area contributed by atoms with Crippen molar-refractivity contribution in [2.24, 2.45) is 0 Å². The highest BCUT2D eigenvalue weighted by molar-refractivity contribution is 5.55. The molecule has 1 amide bonds. The van der Waals surface area contributed by atoms with E-state index in [2.05, 4.69) is 15.5 Å². The third-order valence-corrected chi connectivity index (χ3v) is 2.66. The van der Waals surface area contributed by atoms with Crippen LogP contribution in [0.3, 0.4) is 0 Å². The minimum atomic E-state index is -4.42. The van der Waals surface area contributed by atoms with Crippen LogP contribution >= 0.6 is 0 Å². The number of hydrogen-bond acceptors (Lipinski definition) is 5. The van der Waals surface area contributed by atoms with Gasteiger partial charge in [0.25, 0.3) is 5.89 Å². The Morgan fingerprint density at radius 2 is 2.00 bits per heavy atom. The Morgan fingerprint density at radius 3 is 2.52 bits per heavy atom. The first kappa shape index (κ1) is 15.0. The van der Waals surface area contributed by atoms with Crippen LogP contribution in [0.4, 0.5) is 13.2 Å². The van der Waals surface area contributed by atoms with Crippen molar-refractivity contribution < 1.29 is 27.6 Å². The molecule has 0 radical (unpaired) electrons. The zero-order valence-corrected chi connectivity index (χ0v) is 10.5. The molecular weight excluding hydrogens is 291 g/mol. The summed E-state index contributed by atoms with van der Waals surface area (Å²) < 4.78 is 42.2. The van der Waals surface area contributed by atoms with Gasteiger partial charge in [-0.25, -0.2) is 0 Å². The molecule has 1 heterocycles. The van der Waals surface area contributed by atoms with Crippen LogP contribution in [0.1, 0.15) is 17.5 Å². The van der Waals surface area contributed by atoms with Crippen LogP contribution < -0.4 is 5.32 Å². The van der Waals surface area contributed by atoms with Crippen molar-refractivity contribution in [3.63, 3.8) is 0 Å². The van der Waals surface area contributed by atoms with Crippen LogP contribution in [0.15, 0.2) is 28.8 Å². The molecule has 2 N–H and O–H groups in total. The fraction of sp³-hybridized carbons (Fsp3) is 0.250. The smallest absolute Gasteiger partial charge is 0.394 e. The fourth-order valence-electron chi connectivity index (χ4n) is 1.59. The highest BCUT2D eigenvalue weighted by atomic mass is 19.4. The van der Waals surface area contributed by atoms with E-state index < -0.39 is 24.4 Å². The van der Waals surface area contributed by atoms with Crippen molar-refractivity contribution >= 4 is 6.41 Å². The van der Waals surface area contributed by atoms with Gasteiger partial charge in [0.15, 0.2) is 0 Å². The van der Waals surface area contributed by atoms with Gasteiger partial charge in [0.1, 0.15) is 6.04 Å². The standard InChI is InChI=1S/C12H10F3N3O3/c13-12(14,15)8-3-1-7(2-4-8)10-17-11(21-18-10)9(5-19)16-6-20/h1-4,6,9,19H,5H2,(H,16,20). The first-order valence-electron chi connectivity index (χ1n) is 5.77. The molecule has 6 nitrogen and oxygen atoms in total. The van der Waals surface area contributed by atoms with Crippen molar-refractivity contribution in [1.29, 1.82) is 0 Å².